The lowest BCUT2D eigenvalue weighted by molar-refractivity contribution is -0.122. The second-order valence-corrected chi connectivity index (χ2v) is 11.3. The zero-order chi connectivity index (χ0) is 27.0. The molecule has 3 N–H and O–H groups in total. The first kappa shape index (κ1) is 24.0. The van der Waals surface area contributed by atoms with Gasteiger partial charge in [0.25, 0.3) is 10.0 Å². The number of aromatic nitrogens is 4. The number of amides is 1. The third kappa shape index (κ3) is 3.55. The Morgan fingerprint density at radius 2 is 1.84 bits per heavy atom. The molecule has 0 aliphatic carbocycles. The highest BCUT2D eigenvalue weighted by Crippen LogP contribution is 2.43. The number of anilines is 2. The number of carbonyl (C=O) groups is 1. The van der Waals surface area contributed by atoms with Gasteiger partial charge in [-0.25, -0.2) is 22.2 Å². The third-order valence-electron chi connectivity index (χ3n) is 6.88. The van der Waals surface area contributed by atoms with E-state index in [9.17, 15) is 22.0 Å². The van der Waals surface area contributed by atoms with Crippen LogP contribution in [-0.2, 0) is 20.2 Å². The van der Waals surface area contributed by atoms with Crippen LogP contribution in [0.15, 0.2) is 53.4 Å². The van der Waals surface area contributed by atoms with Gasteiger partial charge in [-0.15, -0.1) is 0 Å². The lowest BCUT2D eigenvalue weighted by atomic mass is 9.86. The summed E-state index contributed by atoms with van der Waals surface area (Å²) in [6.07, 6.45) is 0. The molecular weight excluding hydrogens is 514 g/mol. The molecule has 0 spiro atoms. The van der Waals surface area contributed by atoms with Gasteiger partial charge in [0.2, 0.25) is 5.91 Å². The van der Waals surface area contributed by atoms with Gasteiger partial charge in [-0.3, -0.25) is 14.6 Å². The van der Waals surface area contributed by atoms with E-state index in [0.717, 1.165) is 28.9 Å². The first-order chi connectivity index (χ1) is 18.0. The fraction of sp³-hybridized carbons (Fsp3) is 0.192. The zero-order valence-corrected chi connectivity index (χ0v) is 21.4. The maximum Gasteiger partial charge on any atom is 0.264 e. The summed E-state index contributed by atoms with van der Waals surface area (Å²) in [6.45, 7) is 6.26. The third-order valence-corrected chi connectivity index (χ3v) is 8.28. The van der Waals surface area contributed by atoms with Gasteiger partial charge in [-0.05, 0) is 74.9 Å². The number of halogens is 2. The second kappa shape index (κ2) is 8.09. The molecule has 9 nitrogen and oxygen atoms in total. The van der Waals surface area contributed by atoms with Gasteiger partial charge in [-0.1, -0.05) is 0 Å². The molecule has 1 aliphatic rings. The topological polar surface area (TPSA) is 124 Å². The van der Waals surface area contributed by atoms with Crippen molar-refractivity contribution >= 4 is 49.2 Å². The highest BCUT2D eigenvalue weighted by molar-refractivity contribution is 7.92. The van der Waals surface area contributed by atoms with Crippen LogP contribution in [0.5, 0.6) is 0 Å². The van der Waals surface area contributed by atoms with Gasteiger partial charge in [0.15, 0.2) is 5.82 Å². The van der Waals surface area contributed by atoms with Gasteiger partial charge < -0.3 is 9.88 Å². The van der Waals surface area contributed by atoms with E-state index in [0.29, 0.717) is 40.5 Å². The van der Waals surface area contributed by atoms with Crippen molar-refractivity contribution in [3.63, 3.8) is 0 Å². The molecule has 0 fully saturated rings. The number of H-pyrrole nitrogens is 2. The van der Waals surface area contributed by atoms with E-state index >= 15 is 0 Å². The molecule has 38 heavy (non-hydrogen) atoms. The van der Waals surface area contributed by atoms with Gasteiger partial charge >= 0.3 is 0 Å². The second-order valence-electron chi connectivity index (χ2n) is 9.66. The van der Waals surface area contributed by atoms with Crippen LogP contribution in [0.3, 0.4) is 0 Å². The van der Waals surface area contributed by atoms with Crippen molar-refractivity contribution in [2.45, 2.75) is 31.1 Å². The normalized spacial score (nSPS) is 15.0. The highest BCUT2D eigenvalue weighted by Gasteiger charge is 2.43. The molecule has 1 aliphatic heterocycles. The number of fused-ring (bicyclic) bond motifs is 3. The first-order valence-corrected chi connectivity index (χ1v) is 13.3. The van der Waals surface area contributed by atoms with Crippen LogP contribution in [-0.4, -0.2) is 41.0 Å². The zero-order valence-electron chi connectivity index (χ0n) is 20.6. The maximum atomic E-state index is 14.1. The van der Waals surface area contributed by atoms with Gasteiger partial charge in [0, 0.05) is 17.6 Å². The van der Waals surface area contributed by atoms with Crippen molar-refractivity contribution in [2.75, 3.05) is 16.2 Å². The van der Waals surface area contributed by atoms with E-state index in [1.54, 1.807) is 11.0 Å². The molecule has 194 valence electrons. The fourth-order valence-electron chi connectivity index (χ4n) is 4.91. The average molecular weight is 537 g/mol. The highest BCUT2D eigenvalue weighted by atomic mass is 32.2. The predicted molar refractivity (Wildman–Crippen MR) is 139 cm³/mol. The average Bonchev–Trinajstić information content (AvgIpc) is 3.52. The van der Waals surface area contributed by atoms with Crippen LogP contribution in [0.2, 0.25) is 0 Å². The van der Waals surface area contributed by atoms with Crippen molar-refractivity contribution < 1.29 is 22.0 Å². The van der Waals surface area contributed by atoms with Crippen LogP contribution in [0.1, 0.15) is 26.3 Å². The Balaban J connectivity index is 1.41. The Bertz CT molecular complexity index is 1890. The summed E-state index contributed by atoms with van der Waals surface area (Å²) in [5.41, 5.74) is 3.62. The Morgan fingerprint density at radius 1 is 1.05 bits per heavy atom. The number of sulfonamides is 1. The first-order valence-electron chi connectivity index (χ1n) is 11.8. The SMILES string of the molecule is CCN1C(=O)C(C)(C)c2cc3nc(-c4n[nH]c5ccc(NS(=O)(=O)c6cc(F)ccc6F)cc45)[nH]c3cc21. The molecule has 1 amide bonds. The minimum atomic E-state index is -4.40. The number of nitrogens with one attached hydrogen (secondary N) is 3. The number of carbonyl (C=O) groups excluding carboxylic acids is 1. The van der Waals surface area contributed by atoms with Crippen LogP contribution in [0.25, 0.3) is 33.5 Å². The molecule has 0 radical (unpaired) electrons. The summed E-state index contributed by atoms with van der Waals surface area (Å²) in [7, 11) is -4.40. The Morgan fingerprint density at radius 3 is 2.61 bits per heavy atom. The number of likely N-dealkylation sites (N-methyl/N-ethyl adjacent to an activating group) is 1. The van der Waals surface area contributed by atoms with Gasteiger partial charge in [0.1, 0.15) is 22.2 Å². The summed E-state index contributed by atoms with van der Waals surface area (Å²) in [5, 5.41) is 7.82. The van der Waals surface area contributed by atoms with Crippen molar-refractivity contribution in [3.05, 3.63) is 65.7 Å². The number of rotatable bonds is 5. The van der Waals surface area contributed by atoms with Crippen molar-refractivity contribution in [1.82, 2.24) is 20.2 Å². The molecule has 3 heterocycles. The quantitative estimate of drug-likeness (QED) is 0.297. The number of nitrogens with zero attached hydrogens (tertiary/aromatic N) is 3. The molecule has 0 atom stereocenters. The van der Waals surface area contributed by atoms with E-state index in [4.69, 9.17) is 4.98 Å². The molecule has 6 rings (SSSR count). The molecular formula is C26H22F2N6O3S. The predicted octanol–water partition coefficient (Wildman–Crippen LogP) is 4.83. The maximum absolute atomic E-state index is 14.1. The van der Waals surface area contributed by atoms with Crippen molar-refractivity contribution in [3.8, 4) is 11.5 Å². The Hall–Kier alpha value is -4.32. The molecule has 0 saturated carbocycles. The minimum absolute atomic E-state index is 0.0364. The van der Waals surface area contributed by atoms with Crippen molar-refractivity contribution in [2.24, 2.45) is 0 Å². The number of benzene rings is 3. The van der Waals surface area contributed by atoms with E-state index in [2.05, 4.69) is 19.9 Å². The largest absolute Gasteiger partial charge is 0.337 e. The van der Waals surface area contributed by atoms with Crippen LogP contribution in [0.4, 0.5) is 20.2 Å². The van der Waals surface area contributed by atoms with Crippen LogP contribution < -0.4 is 9.62 Å². The smallest absolute Gasteiger partial charge is 0.264 e. The van der Waals surface area contributed by atoms with E-state index in [1.165, 1.54) is 12.1 Å². The van der Waals surface area contributed by atoms with E-state index in [1.807, 2.05) is 32.9 Å². The summed E-state index contributed by atoms with van der Waals surface area (Å²) >= 11 is 0. The van der Waals surface area contributed by atoms with Gasteiger partial charge in [0.05, 0.1) is 27.7 Å². The summed E-state index contributed by atoms with van der Waals surface area (Å²) in [4.78, 5) is 21.8. The number of imidazole rings is 1. The molecule has 0 saturated heterocycles. The Labute approximate surface area is 215 Å². The summed E-state index contributed by atoms with van der Waals surface area (Å²) in [5.74, 6) is -1.46. The number of aromatic amines is 2. The van der Waals surface area contributed by atoms with Gasteiger partial charge in [-0.2, -0.15) is 5.10 Å². The molecule has 0 bridgehead atoms. The monoisotopic (exact) mass is 536 g/mol. The van der Waals surface area contributed by atoms with Crippen LogP contribution >= 0.6 is 0 Å². The molecule has 2 aromatic heterocycles. The van der Waals surface area contributed by atoms with E-state index in [-0.39, 0.29) is 11.6 Å². The minimum Gasteiger partial charge on any atom is -0.337 e. The summed E-state index contributed by atoms with van der Waals surface area (Å²) in [6, 6.07) is 10.7. The number of hydrogen-bond acceptors (Lipinski definition) is 5. The molecule has 12 heteroatoms. The fourth-order valence-corrected chi connectivity index (χ4v) is 6.05. The number of hydrogen-bond donors (Lipinski definition) is 3. The standard InChI is InChI=1S/C26H22F2N6O3S/c1-4-34-21-12-20-19(11-16(21)26(2,3)25(34)35)29-24(30-20)23-15-10-14(6-8-18(15)31-32-23)33-38(36,37)22-9-13(27)5-7-17(22)28/h5-12,33H,4H2,1-3H3,(H,29,30)(H,31,32). The van der Waals surface area contributed by atoms with Crippen molar-refractivity contribution in [1.29, 1.82) is 0 Å². The van der Waals surface area contributed by atoms with Crippen LogP contribution in [0, 0.1) is 11.6 Å². The lowest BCUT2D eigenvalue weighted by Crippen LogP contribution is -2.35. The lowest BCUT2D eigenvalue weighted by Gasteiger charge is -2.18. The van der Waals surface area contributed by atoms with E-state index < -0.39 is 32.0 Å². The molecule has 3 aromatic carbocycles. The molecule has 5 aromatic rings. The summed E-state index contributed by atoms with van der Waals surface area (Å²) < 4.78 is 55.5. The molecule has 0 unspecified atom stereocenters. The Kier molecular flexibility index (Phi) is 5.12.